The fourth-order valence-corrected chi connectivity index (χ4v) is 3.07. The molecule has 1 atom stereocenters. The molecule has 1 fully saturated rings. The first-order valence-corrected chi connectivity index (χ1v) is 7.28. The summed E-state index contributed by atoms with van der Waals surface area (Å²) in [6.45, 7) is 0.804. The molecule has 0 spiro atoms. The molecule has 106 valence electrons. The highest BCUT2D eigenvalue weighted by Crippen LogP contribution is 2.27. The average Bonchev–Trinajstić information content (AvgIpc) is 2.81. The van der Waals surface area contributed by atoms with E-state index in [2.05, 4.69) is 16.0 Å². The molecule has 1 amide bonds. The van der Waals surface area contributed by atoms with Crippen molar-refractivity contribution in [3.05, 3.63) is 24.0 Å². The number of nitrogens with zero attached hydrogens (tertiary/aromatic N) is 1. The third-order valence-corrected chi connectivity index (χ3v) is 4.24. The van der Waals surface area contributed by atoms with Crippen LogP contribution in [0.25, 0.3) is 0 Å². The van der Waals surface area contributed by atoms with Crippen LogP contribution in [0.4, 0.5) is 0 Å². The van der Waals surface area contributed by atoms with Gasteiger partial charge in [0.2, 0.25) is 5.91 Å². The van der Waals surface area contributed by atoms with E-state index in [9.17, 15) is 4.79 Å². The second kappa shape index (κ2) is 6.75. The van der Waals surface area contributed by atoms with E-state index in [0.29, 0.717) is 12.3 Å². The molecule has 4 nitrogen and oxygen atoms in total. The first-order chi connectivity index (χ1) is 9.16. The van der Waals surface area contributed by atoms with Gasteiger partial charge in [-0.05, 0) is 30.9 Å². The molecule has 19 heavy (non-hydrogen) atoms. The van der Waals surface area contributed by atoms with Crippen molar-refractivity contribution in [3.63, 3.8) is 0 Å². The molecule has 1 aromatic heterocycles. The molecule has 2 rings (SSSR count). The molecule has 1 aliphatic rings. The Bertz CT molecular complexity index is 407. The van der Waals surface area contributed by atoms with E-state index in [-0.39, 0.29) is 11.9 Å². The third kappa shape index (κ3) is 4.10. The Hall–Kier alpha value is -1.29. The van der Waals surface area contributed by atoms with Crippen molar-refractivity contribution >= 4 is 5.91 Å². The molecule has 1 heterocycles. The molecular formula is C15H25N3O. The lowest BCUT2D eigenvalue weighted by atomic mass is 9.82. The number of hydrogen-bond acceptors (Lipinski definition) is 2. The number of rotatable bonds is 6. The van der Waals surface area contributed by atoms with Gasteiger partial charge in [-0.2, -0.15) is 0 Å². The number of aromatic nitrogens is 1. The molecule has 3 N–H and O–H groups in total. The van der Waals surface area contributed by atoms with Crippen LogP contribution in [0.2, 0.25) is 0 Å². The van der Waals surface area contributed by atoms with E-state index in [4.69, 9.17) is 5.73 Å². The second-order valence-corrected chi connectivity index (χ2v) is 5.67. The highest BCUT2D eigenvalue weighted by atomic mass is 16.1. The van der Waals surface area contributed by atoms with Crippen LogP contribution in [0.5, 0.6) is 0 Å². The summed E-state index contributed by atoms with van der Waals surface area (Å²) in [5.41, 5.74) is 6.64. The molecule has 0 saturated heterocycles. The fourth-order valence-electron chi connectivity index (χ4n) is 3.07. The van der Waals surface area contributed by atoms with Gasteiger partial charge < -0.3 is 15.6 Å². The quantitative estimate of drug-likeness (QED) is 0.824. The predicted molar refractivity (Wildman–Crippen MR) is 76.4 cm³/mol. The maximum Gasteiger partial charge on any atom is 0.218 e. The minimum Gasteiger partial charge on any atom is -0.370 e. The van der Waals surface area contributed by atoms with Crippen LogP contribution in [-0.2, 0) is 18.4 Å². The molecule has 0 aromatic carbocycles. The minimum atomic E-state index is -0.199. The van der Waals surface area contributed by atoms with E-state index in [1.54, 1.807) is 0 Å². The fraction of sp³-hybridized carbons (Fsp3) is 0.667. The Balaban J connectivity index is 1.93. The Morgan fingerprint density at radius 1 is 1.47 bits per heavy atom. The Labute approximate surface area is 115 Å². The van der Waals surface area contributed by atoms with E-state index in [1.807, 2.05) is 19.3 Å². The lowest BCUT2D eigenvalue weighted by Gasteiger charge is -2.30. The first kappa shape index (κ1) is 14.1. The van der Waals surface area contributed by atoms with E-state index < -0.39 is 0 Å². The monoisotopic (exact) mass is 263 g/mol. The molecular weight excluding hydrogens is 238 g/mol. The molecule has 0 aliphatic heterocycles. The SMILES string of the molecule is Cn1cccc1CN[C@H](CC(N)=O)C1CCCCC1. The second-order valence-electron chi connectivity index (χ2n) is 5.67. The summed E-state index contributed by atoms with van der Waals surface area (Å²) in [4.78, 5) is 11.3. The van der Waals surface area contributed by atoms with Crippen molar-refractivity contribution in [2.24, 2.45) is 18.7 Å². The predicted octanol–water partition coefficient (Wildman–Crippen LogP) is 1.94. The maximum atomic E-state index is 11.3. The molecule has 0 bridgehead atoms. The number of hydrogen-bond donors (Lipinski definition) is 2. The van der Waals surface area contributed by atoms with Crippen molar-refractivity contribution in [2.75, 3.05) is 0 Å². The lowest BCUT2D eigenvalue weighted by molar-refractivity contribution is -0.118. The number of amides is 1. The first-order valence-electron chi connectivity index (χ1n) is 7.28. The lowest BCUT2D eigenvalue weighted by Crippen LogP contribution is -2.40. The summed E-state index contributed by atoms with van der Waals surface area (Å²) in [5, 5.41) is 3.54. The number of nitrogens with one attached hydrogen (secondary N) is 1. The topological polar surface area (TPSA) is 60.1 Å². The Kier molecular flexibility index (Phi) is 5.02. The van der Waals surface area contributed by atoms with Gasteiger partial charge in [-0.15, -0.1) is 0 Å². The van der Waals surface area contributed by atoms with Gasteiger partial charge in [0.15, 0.2) is 0 Å². The molecule has 0 radical (unpaired) electrons. The summed E-state index contributed by atoms with van der Waals surface area (Å²) in [6.07, 6.45) is 8.83. The van der Waals surface area contributed by atoms with Gasteiger partial charge in [-0.25, -0.2) is 0 Å². The zero-order valence-corrected chi connectivity index (χ0v) is 11.8. The Morgan fingerprint density at radius 2 is 2.21 bits per heavy atom. The average molecular weight is 263 g/mol. The van der Waals surface area contributed by atoms with Crippen LogP contribution in [-0.4, -0.2) is 16.5 Å². The number of carbonyl (C=O) groups is 1. The van der Waals surface area contributed by atoms with Crippen LogP contribution in [0.3, 0.4) is 0 Å². The largest absolute Gasteiger partial charge is 0.370 e. The molecule has 0 unspecified atom stereocenters. The van der Waals surface area contributed by atoms with Gasteiger partial charge in [-0.1, -0.05) is 19.3 Å². The van der Waals surface area contributed by atoms with Gasteiger partial charge in [0, 0.05) is 37.9 Å². The molecule has 4 heteroatoms. The number of carbonyl (C=O) groups excluding carboxylic acids is 1. The summed E-state index contributed by atoms with van der Waals surface area (Å²) in [7, 11) is 2.04. The summed E-state index contributed by atoms with van der Waals surface area (Å²) in [6, 6.07) is 4.38. The smallest absolute Gasteiger partial charge is 0.218 e. The summed E-state index contributed by atoms with van der Waals surface area (Å²) < 4.78 is 2.11. The molecule has 1 aliphatic carbocycles. The van der Waals surface area contributed by atoms with Crippen LogP contribution >= 0.6 is 0 Å². The van der Waals surface area contributed by atoms with Crippen molar-refractivity contribution in [1.29, 1.82) is 0 Å². The normalized spacial score (nSPS) is 18.4. The van der Waals surface area contributed by atoms with Gasteiger partial charge in [-0.3, -0.25) is 4.79 Å². The van der Waals surface area contributed by atoms with Crippen LogP contribution in [0.1, 0.15) is 44.2 Å². The maximum absolute atomic E-state index is 11.3. The summed E-state index contributed by atoms with van der Waals surface area (Å²) in [5.74, 6) is 0.400. The number of nitrogens with two attached hydrogens (primary N) is 1. The minimum absolute atomic E-state index is 0.199. The van der Waals surface area contributed by atoms with E-state index in [1.165, 1.54) is 37.8 Å². The summed E-state index contributed by atoms with van der Waals surface area (Å²) >= 11 is 0. The number of primary amides is 1. The highest BCUT2D eigenvalue weighted by Gasteiger charge is 2.24. The third-order valence-electron chi connectivity index (χ3n) is 4.24. The standard InChI is InChI=1S/C15H25N3O/c1-18-9-5-8-13(18)11-17-14(10-15(16)19)12-6-3-2-4-7-12/h5,8-9,12,14,17H,2-4,6-7,10-11H2,1H3,(H2,16,19)/t14-/m1/s1. The van der Waals surface area contributed by atoms with Crippen LogP contribution in [0.15, 0.2) is 18.3 Å². The van der Waals surface area contributed by atoms with Crippen molar-refractivity contribution < 1.29 is 4.79 Å². The van der Waals surface area contributed by atoms with E-state index >= 15 is 0 Å². The van der Waals surface area contributed by atoms with Crippen molar-refractivity contribution in [2.45, 2.75) is 51.1 Å². The van der Waals surface area contributed by atoms with Crippen molar-refractivity contribution in [3.8, 4) is 0 Å². The Morgan fingerprint density at radius 3 is 2.79 bits per heavy atom. The van der Waals surface area contributed by atoms with E-state index in [0.717, 1.165) is 6.54 Å². The van der Waals surface area contributed by atoms with Crippen LogP contribution in [0, 0.1) is 5.92 Å². The van der Waals surface area contributed by atoms with Gasteiger partial charge >= 0.3 is 0 Å². The zero-order chi connectivity index (χ0) is 13.7. The number of aryl methyl sites for hydroxylation is 1. The molecule has 1 saturated carbocycles. The van der Waals surface area contributed by atoms with Crippen molar-refractivity contribution in [1.82, 2.24) is 9.88 Å². The molecule has 1 aromatic rings. The van der Waals surface area contributed by atoms with Gasteiger partial charge in [0.25, 0.3) is 0 Å². The zero-order valence-electron chi connectivity index (χ0n) is 11.8. The van der Waals surface area contributed by atoms with Gasteiger partial charge in [0.1, 0.15) is 0 Å². The highest BCUT2D eigenvalue weighted by molar-refractivity contribution is 5.74. The van der Waals surface area contributed by atoms with Crippen LogP contribution < -0.4 is 11.1 Å². The van der Waals surface area contributed by atoms with Gasteiger partial charge in [0.05, 0.1) is 0 Å².